The maximum Gasteiger partial charge on any atom is 0.329 e. The van der Waals surface area contributed by atoms with Crippen LogP contribution in [0.3, 0.4) is 0 Å². The molecule has 0 bridgehead atoms. The van der Waals surface area contributed by atoms with Crippen LogP contribution < -0.4 is 16.3 Å². The molecule has 2 aromatic carbocycles. The van der Waals surface area contributed by atoms with Gasteiger partial charge in [0.2, 0.25) is 17.8 Å². The molecule has 16 nitrogen and oxygen atoms in total. The number of carbonyl (C=O) groups excluding carboxylic acids is 2. The number of nitrogens with one attached hydrogen (secondary N) is 3. The lowest BCUT2D eigenvalue weighted by atomic mass is 10.1. The number of fused-ring (bicyclic) bond motifs is 2. The largest absolute Gasteiger partial charge is 0.379 e. The van der Waals surface area contributed by atoms with Gasteiger partial charge in [0.05, 0.1) is 55.1 Å². The molecule has 7 rings (SSSR count). The molecular weight excluding hydrogens is 741 g/mol. The fraction of sp³-hybridized carbons (Fsp3) is 0.524. The normalized spacial score (nSPS) is 16.8. The third-order valence-electron chi connectivity index (χ3n) is 11.0. The molecule has 2 amide bonds. The zero-order valence-electron chi connectivity index (χ0n) is 33.7. The number of piperazine rings is 1. The van der Waals surface area contributed by atoms with E-state index in [-0.39, 0.29) is 18.0 Å². The maximum absolute atomic E-state index is 13.0. The van der Waals surface area contributed by atoms with Crippen LogP contribution in [0.4, 0.5) is 5.95 Å². The van der Waals surface area contributed by atoms with Crippen LogP contribution in [0.5, 0.6) is 0 Å². The van der Waals surface area contributed by atoms with Crippen LogP contribution in [0.25, 0.3) is 33.3 Å². The molecule has 3 aromatic heterocycles. The standard InChI is InChI=1S/C42H56N10O6/c1-3-4-15-43-41-44-28-33-38(47-48-39(33)46-41)32-10-7-31(8-11-32)29-51-18-16-50(17-19-51)20-22-57-24-26-58-25-23-56-21-5-6-30-9-12-34-36(27-30)49(2)42(55)52(34)35-13-14-37(53)45-40(35)54/h7-12,27-28,35H,3-6,13-26,29H2,1-2H3,(H,45,53,54)(H2,43,44,46,47,48)/t35-/m0/s1. The summed E-state index contributed by atoms with van der Waals surface area (Å²) in [5, 5.41) is 14.1. The molecular formula is C42H56N10O6. The first-order valence-electron chi connectivity index (χ1n) is 20.6. The molecule has 0 radical (unpaired) electrons. The number of aryl methyl sites for hydroxylation is 2. The van der Waals surface area contributed by atoms with Crippen molar-refractivity contribution in [3.8, 4) is 11.3 Å². The molecule has 1 atom stereocenters. The molecule has 0 saturated carbocycles. The minimum Gasteiger partial charge on any atom is -0.379 e. The van der Waals surface area contributed by atoms with Crippen molar-refractivity contribution in [2.75, 3.05) is 84.2 Å². The first-order chi connectivity index (χ1) is 28.4. The smallest absolute Gasteiger partial charge is 0.329 e. The molecule has 2 saturated heterocycles. The second-order valence-electron chi connectivity index (χ2n) is 15.1. The number of benzene rings is 2. The Balaban J connectivity index is 0.712. The number of carbonyl (C=O) groups is 2. The lowest BCUT2D eigenvalue weighted by Gasteiger charge is -2.34. The molecule has 58 heavy (non-hydrogen) atoms. The van der Waals surface area contributed by atoms with Crippen molar-refractivity contribution >= 4 is 39.8 Å². The Labute approximate surface area is 338 Å². The van der Waals surface area contributed by atoms with Gasteiger partial charge < -0.3 is 19.5 Å². The SMILES string of the molecule is CCCCNc1ncc2c(-c3ccc(CN4CCN(CCOCCOCCOCCCc5ccc6c(c5)n(C)c(=O)n6[C@H]5CCC(=O)NC5=O)CC4)cc3)[nH]nc2n1. The molecule has 0 unspecified atom stereocenters. The Kier molecular flexibility index (Phi) is 14.3. The molecule has 310 valence electrons. The lowest BCUT2D eigenvalue weighted by molar-refractivity contribution is -0.135. The lowest BCUT2D eigenvalue weighted by Crippen LogP contribution is -2.46. The summed E-state index contributed by atoms with van der Waals surface area (Å²) in [5.41, 5.74) is 6.26. The summed E-state index contributed by atoms with van der Waals surface area (Å²) in [6.07, 6.45) is 6.21. The average molecular weight is 797 g/mol. The summed E-state index contributed by atoms with van der Waals surface area (Å²) in [4.78, 5) is 51.0. The highest BCUT2D eigenvalue weighted by Gasteiger charge is 2.31. The van der Waals surface area contributed by atoms with Gasteiger partial charge in [-0.2, -0.15) is 10.1 Å². The van der Waals surface area contributed by atoms with Crippen LogP contribution in [0.15, 0.2) is 53.5 Å². The number of ether oxygens (including phenoxy) is 3. The van der Waals surface area contributed by atoms with Crippen molar-refractivity contribution in [3.63, 3.8) is 0 Å². The summed E-state index contributed by atoms with van der Waals surface area (Å²) in [6.45, 7) is 12.4. The van der Waals surface area contributed by atoms with Crippen molar-refractivity contribution in [2.24, 2.45) is 7.05 Å². The monoisotopic (exact) mass is 796 g/mol. The second-order valence-corrected chi connectivity index (χ2v) is 15.1. The number of H-pyrrole nitrogens is 1. The Morgan fingerprint density at radius 3 is 2.33 bits per heavy atom. The Morgan fingerprint density at radius 2 is 1.57 bits per heavy atom. The number of amides is 2. The first kappa shape index (κ1) is 41.2. The number of rotatable bonds is 21. The quantitative estimate of drug-likeness (QED) is 0.0728. The zero-order valence-corrected chi connectivity index (χ0v) is 33.7. The number of unbranched alkanes of at least 4 members (excludes halogenated alkanes) is 1. The number of imide groups is 1. The van der Waals surface area contributed by atoms with E-state index in [0.717, 1.165) is 99.2 Å². The van der Waals surface area contributed by atoms with Gasteiger partial charge >= 0.3 is 5.69 Å². The summed E-state index contributed by atoms with van der Waals surface area (Å²) in [7, 11) is 1.71. The van der Waals surface area contributed by atoms with Crippen LogP contribution in [0.2, 0.25) is 0 Å². The second kappa shape index (κ2) is 20.1. The van der Waals surface area contributed by atoms with Gasteiger partial charge in [0, 0.05) is 77.6 Å². The molecule has 5 heterocycles. The van der Waals surface area contributed by atoms with Crippen molar-refractivity contribution in [3.05, 3.63) is 70.3 Å². The molecule has 2 fully saturated rings. The summed E-state index contributed by atoms with van der Waals surface area (Å²) in [5.74, 6) is -0.114. The van der Waals surface area contributed by atoms with E-state index < -0.39 is 11.9 Å². The molecule has 5 aromatic rings. The van der Waals surface area contributed by atoms with E-state index in [9.17, 15) is 14.4 Å². The maximum atomic E-state index is 13.0. The Hall–Kier alpha value is -5.00. The third-order valence-corrected chi connectivity index (χ3v) is 11.0. The van der Waals surface area contributed by atoms with Crippen LogP contribution in [-0.2, 0) is 43.8 Å². The van der Waals surface area contributed by atoms with Crippen LogP contribution >= 0.6 is 0 Å². The highest BCUT2D eigenvalue weighted by molar-refractivity contribution is 6.00. The number of aromatic amines is 1. The van der Waals surface area contributed by atoms with Crippen molar-refractivity contribution in [1.82, 2.24) is 44.4 Å². The topological polar surface area (TPSA) is 174 Å². The van der Waals surface area contributed by atoms with E-state index in [1.807, 2.05) is 24.4 Å². The third kappa shape index (κ3) is 10.3. The van der Waals surface area contributed by atoms with Crippen molar-refractivity contribution in [1.29, 1.82) is 0 Å². The van der Waals surface area contributed by atoms with Crippen LogP contribution in [0, 0.1) is 0 Å². The highest BCUT2D eigenvalue weighted by atomic mass is 16.5. The van der Waals surface area contributed by atoms with Gasteiger partial charge in [-0.25, -0.2) is 9.78 Å². The van der Waals surface area contributed by atoms with E-state index in [2.05, 4.69) is 71.8 Å². The fourth-order valence-corrected chi connectivity index (χ4v) is 7.60. The Morgan fingerprint density at radius 1 is 0.845 bits per heavy atom. The molecule has 2 aliphatic rings. The highest BCUT2D eigenvalue weighted by Crippen LogP contribution is 2.27. The molecule has 0 aliphatic carbocycles. The number of nitrogens with zero attached hydrogens (tertiary/aromatic N) is 7. The van der Waals surface area contributed by atoms with Crippen LogP contribution in [0.1, 0.15) is 56.2 Å². The van der Waals surface area contributed by atoms with Crippen molar-refractivity contribution in [2.45, 2.75) is 58.0 Å². The first-order valence-corrected chi connectivity index (χ1v) is 20.6. The van der Waals surface area contributed by atoms with Gasteiger partial charge in [-0.15, -0.1) is 0 Å². The summed E-state index contributed by atoms with van der Waals surface area (Å²) < 4.78 is 20.4. The predicted octanol–water partition coefficient (Wildman–Crippen LogP) is 3.66. The molecule has 3 N–H and O–H groups in total. The average Bonchev–Trinajstić information content (AvgIpc) is 3.76. The zero-order chi connectivity index (χ0) is 40.3. The summed E-state index contributed by atoms with van der Waals surface area (Å²) in [6, 6.07) is 13.9. The molecule has 0 spiro atoms. The number of imidazole rings is 1. The van der Waals surface area contributed by atoms with Gasteiger partial charge in [-0.3, -0.25) is 38.9 Å². The number of piperidine rings is 1. The fourth-order valence-electron chi connectivity index (χ4n) is 7.60. The molecule has 16 heteroatoms. The molecule has 2 aliphatic heterocycles. The van der Waals surface area contributed by atoms with Gasteiger partial charge in [0.1, 0.15) is 6.04 Å². The number of hydrogen-bond acceptors (Lipinski definition) is 12. The van der Waals surface area contributed by atoms with E-state index in [0.29, 0.717) is 63.2 Å². The number of anilines is 1. The Bertz CT molecular complexity index is 2190. The van der Waals surface area contributed by atoms with E-state index in [1.165, 1.54) is 10.1 Å². The van der Waals surface area contributed by atoms with Gasteiger partial charge in [0.25, 0.3) is 0 Å². The number of aromatic nitrogens is 6. The predicted molar refractivity (Wildman–Crippen MR) is 222 cm³/mol. The minimum absolute atomic E-state index is 0.220. The van der Waals surface area contributed by atoms with Crippen molar-refractivity contribution < 1.29 is 23.8 Å². The minimum atomic E-state index is -0.683. The van der Waals surface area contributed by atoms with E-state index >= 15 is 0 Å². The number of hydrogen-bond donors (Lipinski definition) is 3. The van der Waals surface area contributed by atoms with Gasteiger partial charge in [-0.05, 0) is 48.9 Å². The summed E-state index contributed by atoms with van der Waals surface area (Å²) >= 11 is 0. The van der Waals surface area contributed by atoms with Gasteiger partial charge in [-0.1, -0.05) is 43.7 Å². The van der Waals surface area contributed by atoms with Gasteiger partial charge in [0.15, 0.2) is 5.65 Å². The van der Waals surface area contributed by atoms with Crippen LogP contribution in [-0.4, -0.2) is 130 Å². The van der Waals surface area contributed by atoms with E-state index in [1.54, 1.807) is 11.6 Å². The van der Waals surface area contributed by atoms with E-state index in [4.69, 9.17) is 14.2 Å².